The molecular weight excluding hydrogens is 342 g/mol. The van der Waals surface area contributed by atoms with Gasteiger partial charge >= 0.3 is 5.97 Å². The van der Waals surface area contributed by atoms with Crippen molar-refractivity contribution in [2.24, 2.45) is 0 Å². The number of nitrogens with zero attached hydrogens (tertiary/aromatic N) is 1. The van der Waals surface area contributed by atoms with Gasteiger partial charge in [0.25, 0.3) is 10.0 Å². The van der Waals surface area contributed by atoms with Crippen LogP contribution in [0.3, 0.4) is 0 Å². The molecule has 2 aromatic rings. The molecule has 0 fully saturated rings. The van der Waals surface area contributed by atoms with Crippen molar-refractivity contribution < 1.29 is 23.1 Å². The third kappa shape index (κ3) is 3.07. The zero-order chi connectivity index (χ0) is 18.2. The van der Waals surface area contributed by atoms with Crippen molar-refractivity contribution in [2.75, 3.05) is 18.0 Å². The summed E-state index contributed by atoms with van der Waals surface area (Å²) in [7, 11) is -2.48. The summed E-state index contributed by atoms with van der Waals surface area (Å²) < 4.78 is 33.1. The van der Waals surface area contributed by atoms with Crippen LogP contribution in [0.1, 0.15) is 24.0 Å². The number of carboxylic acids is 1. The highest BCUT2D eigenvalue weighted by molar-refractivity contribution is 7.93. The average molecular weight is 361 g/mol. The van der Waals surface area contributed by atoms with E-state index in [0.717, 1.165) is 5.56 Å². The van der Waals surface area contributed by atoms with Crippen LogP contribution in [0.4, 0.5) is 5.69 Å². The summed E-state index contributed by atoms with van der Waals surface area (Å²) in [6.45, 7) is 2.32. The molecule has 1 aliphatic heterocycles. The Morgan fingerprint density at radius 1 is 1.28 bits per heavy atom. The molecule has 6 nitrogen and oxygen atoms in total. The molecule has 132 valence electrons. The van der Waals surface area contributed by atoms with Crippen molar-refractivity contribution >= 4 is 21.7 Å². The number of aliphatic carboxylic acids is 1. The molecule has 0 aromatic heterocycles. The minimum absolute atomic E-state index is 0.0161. The Balaban J connectivity index is 2.10. The third-order valence-electron chi connectivity index (χ3n) is 4.33. The first-order valence-electron chi connectivity index (χ1n) is 7.85. The number of carboxylic acid groups (broad SMARTS) is 1. The van der Waals surface area contributed by atoms with Crippen LogP contribution in [0.5, 0.6) is 5.75 Å². The van der Waals surface area contributed by atoms with Crippen LogP contribution >= 0.6 is 0 Å². The zero-order valence-electron chi connectivity index (χ0n) is 14.0. The van der Waals surface area contributed by atoms with Gasteiger partial charge in [-0.3, -0.25) is 9.10 Å². The monoisotopic (exact) mass is 361 g/mol. The lowest BCUT2D eigenvalue weighted by atomic mass is 10.0. The van der Waals surface area contributed by atoms with E-state index < -0.39 is 16.0 Å². The fourth-order valence-corrected chi connectivity index (χ4v) is 4.92. The van der Waals surface area contributed by atoms with Gasteiger partial charge in [-0.15, -0.1) is 0 Å². The zero-order valence-corrected chi connectivity index (χ0v) is 14.8. The predicted octanol–water partition coefficient (Wildman–Crippen LogP) is 2.63. The first kappa shape index (κ1) is 17.3. The number of hydrogen-bond donors (Lipinski definition) is 1. The van der Waals surface area contributed by atoms with Gasteiger partial charge in [-0.25, -0.2) is 8.42 Å². The molecule has 0 spiro atoms. The van der Waals surface area contributed by atoms with Crippen molar-refractivity contribution in [1.29, 1.82) is 0 Å². The Morgan fingerprint density at radius 2 is 2.00 bits per heavy atom. The number of benzene rings is 2. The van der Waals surface area contributed by atoms with Crippen molar-refractivity contribution in [2.45, 2.75) is 24.2 Å². The fourth-order valence-electron chi connectivity index (χ4n) is 3.13. The molecular formula is C18H19NO5S. The lowest BCUT2D eigenvalue weighted by Gasteiger charge is -2.21. The first-order chi connectivity index (χ1) is 11.8. The van der Waals surface area contributed by atoms with Crippen molar-refractivity contribution in [1.82, 2.24) is 0 Å². The van der Waals surface area contributed by atoms with Crippen LogP contribution in [0.2, 0.25) is 0 Å². The van der Waals surface area contributed by atoms with Crippen LogP contribution in [0.15, 0.2) is 47.4 Å². The van der Waals surface area contributed by atoms with Gasteiger partial charge in [0.05, 0.1) is 19.2 Å². The summed E-state index contributed by atoms with van der Waals surface area (Å²) in [6, 6.07) is 11.8. The van der Waals surface area contributed by atoms with E-state index in [9.17, 15) is 13.2 Å². The van der Waals surface area contributed by atoms with Gasteiger partial charge < -0.3 is 9.84 Å². The highest BCUT2D eigenvalue weighted by Crippen LogP contribution is 2.40. The Kier molecular flexibility index (Phi) is 4.43. The molecule has 1 N–H and O–H groups in total. The summed E-state index contributed by atoms with van der Waals surface area (Å²) in [4.78, 5) is 10.9. The topological polar surface area (TPSA) is 83.9 Å². The predicted molar refractivity (Wildman–Crippen MR) is 93.7 cm³/mol. The number of hydrogen-bond acceptors (Lipinski definition) is 4. The molecule has 0 radical (unpaired) electrons. The number of rotatable bonds is 5. The van der Waals surface area contributed by atoms with E-state index >= 15 is 0 Å². The molecule has 0 saturated heterocycles. The standard InChI is InChI=1S/C18H19NO5S/c1-12-11-19(15-6-4-3-5-14(12)15)25(22,23)17-9-13(10-18(20)21)7-8-16(17)24-2/h3-9,12H,10-11H2,1-2H3,(H,20,21). The lowest BCUT2D eigenvalue weighted by molar-refractivity contribution is -0.136. The molecule has 7 heteroatoms. The molecule has 0 amide bonds. The van der Waals surface area contributed by atoms with Crippen molar-refractivity contribution in [3.05, 3.63) is 53.6 Å². The number of methoxy groups -OCH3 is 1. The molecule has 1 heterocycles. The molecule has 3 rings (SSSR count). The summed E-state index contributed by atoms with van der Waals surface area (Å²) in [5, 5.41) is 8.97. The molecule has 0 bridgehead atoms. The maximum Gasteiger partial charge on any atom is 0.307 e. The second kappa shape index (κ2) is 6.40. The fraction of sp³-hybridized carbons (Fsp3) is 0.278. The summed E-state index contributed by atoms with van der Waals surface area (Å²) in [5.41, 5.74) is 2.04. The molecule has 0 saturated carbocycles. The van der Waals surface area contributed by atoms with Crippen LogP contribution in [-0.4, -0.2) is 33.1 Å². The number of sulfonamides is 1. The van der Waals surface area contributed by atoms with Crippen molar-refractivity contribution in [3.8, 4) is 5.75 Å². The second-order valence-corrected chi connectivity index (χ2v) is 7.88. The summed E-state index contributed by atoms with van der Waals surface area (Å²) in [6.07, 6.45) is -0.250. The highest BCUT2D eigenvalue weighted by atomic mass is 32.2. The van der Waals surface area contributed by atoms with Gasteiger partial charge in [-0.2, -0.15) is 0 Å². The maximum absolute atomic E-state index is 13.3. The SMILES string of the molecule is COc1ccc(CC(=O)O)cc1S(=O)(=O)N1CC(C)c2ccccc21. The van der Waals surface area contributed by atoms with Crippen LogP contribution in [0.25, 0.3) is 0 Å². The third-order valence-corrected chi connectivity index (χ3v) is 6.13. The normalized spacial score (nSPS) is 16.6. The van der Waals surface area contributed by atoms with Gasteiger partial charge in [0.15, 0.2) is 0 Å². The van der Waals surface area contributed by atoms with Gasteiger partial charge in [0.2, 0.25) is 0 Å². The molecule has 1 atom stereocenters. The molecule has 1 aliphatic rings. The van der Waals surface area contributed by atoms with Gasteiger partial charge in [0, 0.05) is 12.5 Å². The number of ether oxygens (including phenoxy) is 1. The van der Waals surface area contributed by atoms with E-state index in [4.69, 9.17) is 9.84 Å². The number of anilines is 1. The Hall–Kier alpha value is -2.54. The van der Waals surface area contributed by atoms with Gasteiger partial charge in [-0.05, 0) is 29.3 Å². The van der Waals surface area contributed by atoms with E-state index in [1.54, 1.807) is 18.2 Å². The molecule has 25 heavy (non-hydrogen) atoms. The Labute approximate surface area is 146 Å². The van der Waals surface area contributed by atoms with Crippen LogP contribution < -0.4 is 9.04 Å². The quantitative estimate of drug-likeness (QED) is 0.885. The molecule has 1 unspecified atom stereocenters. The minimum Gasteiger partial charge on any atom is -0.495 e. The van der Waals surface area contributed by atoms with E-state index in [1.807, 2.05) is 19.1 Å². The number of fused-ring (bicyclic) bond motifs is 1. The van der Waals surface area contributed by atoms with E-state index in [-0.39, 0.29) is 23.0 Å². The summed E-state index contributed by atoms with van der Waals surface area (Å²) in [5.74, 6) is -0.737. The van der Waals surface area contributed by atoms with Gasteiger partial charge in [0.1, 0.15) is 10.6 Å². The highest BCUT2D eigenvalue weighted by Gasteiger charge is 2.36. The van der Waals surface area contributed by atoms with E-state index in [0.29, 0.717) is 17.8 Å². The summed E-state index contributed by atoms with van der Waals surface area (Å²) >= 11 is 0. The largest absolute Gasteiger partial charge is 0.495 e. The first-order valence-corrected chi connectivity index (χ1v) is 9.29. The molecule has 2 aromatic carbocycles. The van der Waals surface area contributed by atoms with E-state index in [2.05, 4.69) is 0 Å². The molecule has 0 aliphatic carbocycles. The smallest absolute Gasteiger partial charge is 0.307 e. The second-order valence-electron chi connectivity index (χ2n) is 6.05. The van der Waals surface area contributed by atoms with Crippen LogP contribution in [-0.2, 0) is 21.2 Å². The lowest BCUT2D eigenvalue weighted by Crippen LogP contribution is -2.30. The number of para-hydroxylation sites is 1. The minimum atomic E-state index is -3.87. The van der Waals surface area contributed by atoms with Crippen molar-refractivity contribution in [3.63, 3.8) is 0 Å². The Bertz CT molecular complexity index is 923. The average Bonchev–Trinajstić information content (AvgIpc) is 2.92. The Morgan fingerprint density at radius 3 is 2.68 bits per heavy atom. The maximum atomic E-state index is 13.3. The van der Waals surface area contributed by atoms with E-state index in [1.165, 1.54) is 23.5 Å². The van der Waals surface area contributed by atoms with Crippen LogP contribution in [0, 0.1) is 0 Å². The van der Waals surface area contributed by atoms with Gasteiger partial charge in [-0.1, -0.05) is 31.2 Å². The number of carbonyl (C=O) groups is 1.